The molecule has 0 aliphatic rings. The van der Waals surface area contributed by atoms with E-state index in [1.54, 1.807) is 0 Å². The summed E-state index contributed by atoms with van der Waals surface area (Å²) in [6.07, 6.45) is 1.01. The van der Waals surface area contributed by atoms with E-state index in [0.717, 1.165) is 30.2 Å². The Bertz CT molecular complexity index is 497. The van der Waals surface area contributed by atoms with Gasteiger partial charge in [-0.25, -0.2) is 0 Å². The molecule has 0 unspecified atom stereocenters. The van der Waals surface area contributed by atoms with Crippen molar-refractivity contribution in [3.63, 3.8) is 0 Å². The van der Waals surface area contributed by atoms with E-state index in [1.165, 1.54) is 11.1 Å². The third-order valence-electron chi connectivity index (χ3n) is 2.71. The van der Waals surface area contributed by atoms with Crippen molar-refractivity contribution < 1.29 is 8.37 Å². The van der Waals surface area contributed by atoms with Crippen LogP contribution < -0.4 is 8.37 Å². The lowest BCUT2D eigenvalue weighted by Crippen LogP contribution is -1.91. The highest BCUT2D eigenvalue weighted by Gasteiger charge is 2.01. The zero-order chi connectivity index (χ0) is 12.8. The van der Waals surface area contributed by atoms with Crippen molar-refractivity contribution in [2.24, 2.45) is 0 Å². The van der Waals surface area contributed by atoms with Gasteiger partial charge in [-0.2, -0.15) is 0 Å². The number of hydrogen-bond donors (Lipinski definition) is 0. The Morgan fingerprint density at radius 1 is 0.944 bits per heavy atom. The molecular weight excluding hydrogens is 244 g/mol. The topological polar surface area (TPSA) is 18.5 Å². The molecule has 0 N–H and O–H groups in total. The van der Waals surface area contributed by atoms with Gasteiger partial charge in [-0.3, -0.25) is 0 Å². The van der Waals surface area contributed by atoms with Crippen molar-refractivity contribution in [1.29, 1.82) is 0 Å². The summed E-state index contributed by atoms with van der Waals surface area (Å²) < 4.78 is 10.9. The van der Waals surface area contributed by atoms with Crippen molar-refractivity contribution >= 4 is 12.3 Å². The molecule has 0 spiro atoms. The molecule has 0 fully saturated rings. The second kappa shape index (κ2) is 6.36. The van der Waals surface area contributed by atoms with E-state index >= 15 is 0 Å². The summed E-state index contributed by atoms with van der Waals surface area (Å²) >= 11 is 0.984. The highest BCUT2D eigenvalue weighted by Crippen LogP contribution is 2.23. The van der Waals surface area contributed by atoms with Gasteiger partial charge in [0, 0.05) is 0 Å². The second-order valence-electron chi connectivity index (χ2n) is 3.99. The molecule has 0 aromatic heterocycles. The summed E-state index contributed by atoms with van der Waals surface area (Å²) in [7, 11) is 0. The lowest BCUT2D eigenvalue weighted by atomic mass is 10.1. The van der Waals surface area contributed by atoms with Gasteiger partial charge >= 0.3 is 0 Å². The van der Waals surface area contributed by atoms with Gasteiger partial charge in [0.15, 0.2) is 0 Å². The fourth-order valence-electron chi connectivity index (χ4n) is 1.65. The summed E-state index contributed by atoms with van der Waals surface area (Å²) in [5.41, 5.74) is 2.59. The standard InChI is InChI=1S/C15H16O2S/c1-3-13-11-15(10-9-12(13)2)17-18-16-14-7-5-4-6-8-14/h4-11H,3H2,1-2H3. The van der Waals surface area contributed by atoms with E-state index in [2.05, 4.69) is 26.0 Å². The average Bonchev–Trinajstić information content (AvgIpc) is 2.42. The number of hydrogen-bond acceptors (Lipinski definition) is 3. The molecule has 3 heteroatoms. The molecular formula is C15H16O2S. The Hall–Kier alpha value is -1.61. The minimum absolute atomic E-state index is 0.783. The van der Waals surface area contributed by atoms with Crippen molar-refractivity contribution in [2.45, 2.75) is 20.3 Å². The van der Waals surface area contributed by atoms with Crippen molar-refractivity contribution in [1.82, 2.24) is 0 Å². The molecule has 94 valence electrons. The third-order valence-corrected chi connectivity index (χ3v) is 3.23. The summed E-state index contributed by atoms with van der Waals surface area (Å²) in [4.78, 5) is 0. The van der Waals surface area contributed by atoms with E-state index in [1.807, 2.05) is 36.4 Å². The van der Waals surface area contributed by atoms with Gasteiger partial charge in [-0.15, -0.1) is 0 Å². The van der Waals surface area contributed by atoms with Gasteiger partial charge in [0.05, 0.1) is 0 Å². The van der Waals surface area contributed by atoms with Crippen molar-refractivity contribution in [3.8, 4) is 11.5 Å². The molecule has 2 nitrogen and oxygen atoms in total. The van der Waals surface area contributed by atoms with Crippen LogP contribution in [0.15, 0.2) is 48.5 Å². The molecule has 0 saturated heterocycles. The van der Waals surface area contributed by atoms with Crippen LogP contribution in [-0.4, -0.2) is 0 Å². The van der Waals surface area contributed by atoms with Gasteiger partial charge < -0.3 is 8.37 Å². The van der Waals surface area contributed by atoms with Gasteiger partial charge in [0.2, 0.25) is 0 Å². The summed E-state index contributed by atoms with van der Waals surface area (Å²) in [5, 5.41) is 0. The molecule has 2 aromatic carbocycles. The van der Waals surface area contributed by atoms with Gasteiger partial charge in [-0.1, -0.05) is 31.2 Å². The zero-order valence-electron chi connectivity index (χ0n) is 10.6. The second-order valence-corrected chi connectivity index (χ2v) is 4.46. The first-order valence-electron chi connectivity index (χ1n) is 5.95. The normalized spacial score (nSPS) is 10.1. The molecule has 0 bridgehead atoms. The fraction of sp³-hybridized carbons (Fsp3) is 0.200. The largest absolute Gasteiger partial charge is 0.391 e. The molecule has 0 atom stereocenters. The SMILES string of the molecule is CCc1cc(OSOc2ccccc2)ccc1C. The Kier molecular flexibility index (Phi) is 4.53. The van der Waals surface area contributed by atoms with Crippen molar-refractivity contribution in [3.05, 3.63) is 59.7 Å². The number of rotatable bonds is 5. The smallest absolute Gasteiger partial charge is 0.293 e. The van der Waals surface area contributed by atoms with Crippen LogP contribution in [0, 0.1) is 6.92 Å². The van der Waals surface area contributed by atoms with E-state index < -0.39 is 0 Å². The van der Waals surface area contributed by atoms with E-state index in [9.17, 15) is 0 Å². The maximum absolute atomic E-state index is 5.50. The molecule has 18 heavy (non-hydrogen) atoms. The molecule has 0 aliphatic heterocycles. The van der Waals surface area contributed by atoms with Gasteiger partial charge in [-0.05, 0) is 48.7 Å². The lowest BCUT2D eigenvalue weighted by molar-refractivity contribution is 0.540. The van der Waals surface area contributed by atoms with E-state index in [4.69, 9.17) is 8.37 Å². The number of para-hydroxylation sites is 1. The van der Waals surface area contributed by atoms with Crippen molar-refractivity contribution in [2.75, 3.05) is 0 Å². The number of benzene rings is 2. The molecule has 2 aromatic rings. The molecule has 0 saturated carbocycles. The third kappa shape index (κ3) is 3.44. The Morgan fingerprint density at radius 3 is 2.39 bits per heavy atom. The molecule has 2 rings (SSSR count). The molecule has 0 amide bonds. The summed E-state index contributed by atoms with van der Waals surface area (Å²) in [6, 6.07) is 15.7. The first-order valence-corrected chi connectivity index (χ1v) is 6.62. The van der Waals surface area contributed by atoms with Crippen LogP contribution in [0.25, 0.3) is 0 Å². The monoisotopic (exact) mass is 260 g/mol. The van der Waals surface area contributed by atoms with Crippen LogP contribution in [0.3, 0.4) is 0 Å². The van der Waals surface area contributed by atoms with Gasteiger partial charge in [0.25, 0.3) is 12.3 Å². The summed E-state index contributed by atoms with van der Waals surface area (Å²) in [6.45, 7) is 4.25. The average molecular weight is 260 g/mol. The first-order chi connectivity index (χ1) is 8.79. The van der Waals surface area contributed by atoms with Crippen LogP contribution in [0.2, 0.25) is 0 Å². The van der Waals surface area contributed by atoms with E-state index in [-0.39, 0.29) is 0 Å². The minimum Gasteiger partial charge on any atom is -0.391 e. The molecule has 0 radical (unpaired) electrons. The Labute approximate surface area is 112 Å². The first kappa shape index (κ1) is 12.8. The maximum atomic E-state index is 5.50. The van der Waals surface area contributed by atoms with E-state index in [0.29, 0.717) is 0 Å². The fourth-order valence-corrected chi connectivity index (χ4v) is 2.06. The highest BCUT2D eigenvalue weighted by molar-refractivity contribution is 7.90. The van der Waals surface area contributed by atoms with Gasteiger partial charge in [0.1, 0.15) is 11.5 Å². The minimum atomic E-state index is 0.783. The predicted molar refractivity (Wildman–Crippen MR) is 75.8 cm³/mol. The highest BCUT2D eigenvalue weighted by atomic mass is 32.2. The zero-order valence-corrected chi connectivity index (χ0v) is 11.4. The Balaban J connectivity index is 1.91. The lowest BCUT2D eigenvalue weighted by Gasteiger charge is -2.07. The summed E-state index contributed by atoms with van der Waals surface area (Å²) in [5.74, 6) is 1.60. The van der Waals surface area contributed by atoms with Crippen LogP contribution >= 0.6 is 12.3 Å². The quantitative estimate of drug-likeness (QED) is 0.733. The molecule has 0 heterocycles. The maximum Gasteiger partial charge on any atom is 0.293 e. The Morgan fingerprint density at radius 2 is 1.67 bits per heavy atom. The number of aryl methyl sites for hydroxylation is 2. The van der Waals surface area contributed by atoms with Crippen LogP contribution in [-0.2, 0) is 6.42 Å². The predicted octanol–water partition coefficient (Wildman–Crippen LogP) is 4.58. The molecule has 0 aliphatic carbocycles. The van der Waals surface area contributed by atoms with Crippen LogP contribution in [0.4, 0.5) is 0 Å². The van der Waals surface area contributed by atoms with Crippen LogP contribution in [0.5, 0.6) is 11.5 Å². The van der Waals surface area contributed by atoms with Crippen LogP contribution in [0.1, 0.15) is 18.1 Å².